The molecule has 0 amide bonds. The number of rotatable bonds is 4. The average Bonchev–Trinajstić information content (AvgIpc) is 2.58. The molecule has 0 aromatic heterocycles. The summed E-state index contributed by atoms with van der Waals surface area (Å²) < 4.78 is 13.8. The Morgan fingerprint density at radius 1 is 1.08 bits per heavy atom. The highest BCUT2D eigenvalue weighted by Crippen LogP contribution is 2.48. The van der Waals surface area contributed by atoms with E-state index < -0.39 is 5.60 Å². The van der Waals surface area contributed by atoms with Gasteiger partial charge in [0.05, 0.1) is 5.60 Å². The van der Waals surface area contributed by atoms with E-state index in [1.54, 1.807) is 6.07 Å². The molecule has 3 unspecified atom stereocenters. The van der Waals surface area contributed by atoms with Gasteiger partial charge in [-0.3, -0.25) is 0 Å². The van der Waals surface area contributed by atoms with Crippen molar-refractivity contribution >= 4 is 12.4 Å². The Morgan fingerprint density at radius 2 is 1.80 bits per heavy atom. The Balaban J connectivity index is 0.00000225. The Kier molecular flexibility index (Phi) is 6.61. The van der Waals surface area contributed by atoms with E-state index in [0.717, 1.165) is 19.3 Å². The summed E-state index contributed by atoms with van der Waals surface area (Å²) in [5.41, 5.74) is 0.907. The van der Waals surface area contributed by atoms with Crippen molar-refractivity contribution in [3.63, 3.8) is 0 Å². The lowest BCUT2D eigenvalue weighted by atomic mass is 9.67. The van der Waals surface area contributed by atoms with Crippen molar-refractivity contribution in [2.75, 3.05) is 14.1 Å². The van der Waals surface area contributed by atoms with E-state index in [2.05, 4.69) is 31.1 Å². The SMILES string of the molecule is CN(C)C(c1ccccc1)C1CCCCC1(O)c1cccc(F)c1.Cl. The quantitative estimate of drug-likeness (QED) is 0.832. The summed E-state index contributed by atoms with van der Waals surface area (Å²) in [6, 6.07) is 16.9. The van der Waals surface area contributed by atoms with E-state index in [1.807, 2.05) is 24.3 Å². The third-order valence-electron chi connectivity index (χ3n) is 5.34. The smallest absolute Gasteiger partial charge is 0.123 e. The largest absolute Gasteiger partial charge is 0.385 e. The van der Waals surface area contributed by atoms with Crippen LogP contribution in [0.1, 0.15) is 42.9 Å². The maximum absolute atomic E-state index is 13.8. The molecule has 2 aromatic carbocycles. The topological polar surface area (TPSA) is 23.5 Å². The van der Waals surface area contributed by atoms with Crippen LogP contribution >= 0.6 is 12.4 Å². The monoisotopic (exact) mass is 363 g/mol. The number of aliphatic hydroxyl groups is 1. The highest BCUT2D eigenvalue weighted by molar-refractivity contribution is 5.85. The summed E-state index contributed by atoms with van der Waals surface area (Å²) in [5.74, 6) is -0.253. The van der Waals surface area contributed by atoms with Crippen LogP contribution in [0.2, 0.25) is 0 Å². The highest BCUT2D eigenvalue weighted by Gasteiger charge is 2.45. The maximum atomic E-state index is 13.8. The second-order valence-electron chi connectivity index (χ2n) is 7.11. The molecule has 0 radical (unpaired) electrons. The van der Waals surface area contributed by atoms with Gasteiger partial charge in [0.25, 0.3) is 0 Å². The molecule has 2 aromatic rings. The first-order chi connectivity index (χ1) is 11.5. The van der Waals surface area contributed by atoms with E-state index in [0.29, 0.717) is 12.0 Å². The van der Waals surface area contributed by atoms with Crippen LogP contribution in [0.25, 0.3) is 0 Å². The van der Waals surface area contributed by atoms with Gasteiger partial charge in [-0.1, -0.05) is 55.3 Å². The Morgan fingerprint density at radius 3 is 2.44 bits per heavy atom. The minimum atomic E-state index is -0.995. The second kappa shape index (κ2) is 8.31. The van der Waals surface area contributed by atoms with Crippen molar-refractivity contribution in [1.82, 2.24) is 4.90 Å². The molecule has 25 heavy (non-hydrogen) atoms. The number of halogens is 2. The zero-order chi connectivity index (χ0) is 17.2. The van der Waals surface area contributed by atoms with Crippen molar-refractivity contribution < 1.29 is 9.50 Å². The van der Waals surface area contributed by atoms with Crippen LogP contribution in [0, 0.1) is 11.7 Å². The van der Waals surface area contributed by atoms with Gasteiger partial charge in [0.15, 0.2) is 0 Å². The van der Waals surface area contributed by atoms with Gasteiger partial charge in [0, 0.05) is 12.0 Å². The Labute approximate surface area is 156 Å². The summed E-state index contributed by atoms with van der Waals surface area (Å²) in [7, 11) is 4.11. The average molecular weight is 364 g/mol. The van der Waals surface area contributed by atoms with E-state index in [1.165, 1.54) is 17.7 Å². The molecular weight excluding hydrogens is 337 g/mol. The molecule has 1 fully saturated rings. The molecule has 3 rings (SSSR count). The van der Waals surface area contributed by atoms with Crippen LogP contribution in [0.4, 0.5) is 4.39 Å². The Bertz CT molecular complexity index is 679. The lowest BCUT2D eigenvalue weighted by Crippen LogP contribution is -2.45. The second-order valence-corrected chi connectivity index (χ2v) is 7.11. The van der Waals surface area contributed by atoms with E-state index in [4.69, 9.17) is 0 Å². The van der Waals surface area contributed by atoms with E-state index >= 15 is 0 Å². The van der Waals surface area contributed by atoms with Gasteiger partial charge in [-0.2, -0.15) is 0 Å². The van der Waals surface area contributed by atoms with Gasteiger partial charge in [-0.15, -0.1) is 12.4 Å². The van der Waals surface area contributed by atoms with E-state index in [-0.39, 0.29) is 30.2 Å². The molecule has 136 valence electrons. The van der Waals surface area contributed by atoms with Crippen molar-refractivity contribution in [3.05, 3.63) is 71.5 Å². The number of hydrogen-bond donors (Lipinski definition) is 1. The van der Waals surface area contributed by atoms with Crippen LogP contribution in [0.5, 0.6) is 0 Å². The first-order valence-electron chi connectivity index (χ1n) is 8.72. The molecule has 1 saturated carbocycles. The fraction of sp³-hybridized carbons (Fsp3) is 0.429. The fourth-order valence-corrected chi connectivity index (χ4v) is 4.26. The van der Waals surface area contributed by atoms with Crippen molar-refractivity contribution in [3.8, 4) is 0 Å². The zero-order valence-corrected chi connectivity index (χ0v) is 15.7. The van der Waals surface area contributed by atoms with Gasteiger partial charge in [-0.25, -0.2) is 4.39 Å². The molecule has 0 aliphatic heterocycles. The molecule has 4 heteroatoms. The molecule has 1 N–H and O–H groups in total. The normalized spacial score (nSPS) is 24.6. The molecule has 1 aliphatic rings. The predicted molar refractivity (Wildman–Crippen MR) is 102 cm³/mol. The third-order valence-corrected chi connectivity index (χ3v) is 5.34. The molecule has 0 bridgehead atoms. The van der Waals surface area contributed by atoms with Crippen LogP contribution in [-0.4, -0.2) is 24.1 Å². The van der Waals surface area contributed by atoms with Crippen molar-refractivity contribution in [1.29, 1.82) is 0 Å². The van der Waals surface area contributed by atoms with E-state index in [9.17, 15) is 9.50 Å². The van der Waals surface area contributed by atoms with Crippen LogP contribution < -0.4 is 0 Å². The first kappa shape index (κ1) is 19.9. The first-order valence-corrected chi connectivity index (χ1v) is 8.72. The minimum absolute atomic E-state index is 0. The molecular formula is C21H27ClFNO. The molecule has 0 saturated heterocycles. The van der Waals surface area contributed by atoms with Gasteiger partial charge in [0.2, 0.25) is 0 Å². The third kappa shape index (κ3) is 4.05. The molecule has 1 aliphatic carbocycles. The molecule has 3 atom stereocenters. The summed E-state index contributed by atoms with van der Waals surface area (Å²) in [4.78, 5) is 2.18. The maximum Gasteiger partial charge on any atom is 0.123 e. The summed E-state index contributed by atoms with van der Waals surface area (Å²) in [6.45, 7) is 0. The highest BCUT2D eigenvalue weighted by atomic mass is 35.5. The molecule has 0 heterocycles. The lowest BCUT2D eigenvalue weighted by Gasteiger charge is -2.46. The molecule has 0 spiro atoms. The zero-order valence-electron chi connectivity index (χ0n) is 14.9. The van der Waals surface area contributed by atoms with Gasteiger partial charge < -0.3 is 10.0 Å². The fourth-order valence-electron chi connectivity index (χ4n) is 4.26. The van der Waals surface area contributed by atoms with Crippen LogP contribution in [0.15, 0.2) is 54.6 Å². The number of benzene rings is 2. The number of hydrogen-bond acceptors (Lipinski definition) is 2. The van der Waals surface area contributed by atoms with Gasteiger partial charge in [0.1, 0.15) is 5.82 Å². The number of nitrogens with zero attached hydrogens (tertiary/aromatic N) is 1. The van der Waals surface area contributed by atoms with Gasteiger partial charge >= 0.3 is 0 Å². The predicted octanol–water partition coefficient (Wildman–Crippen LogP) is 4.93. The van der Waals surface area contributed by atoms with Crippen LogP contribution in [-0.2, 0) is 5.60 Å². The van der Waals surface area contributed by atoms with Gasteiger partial charge in [-0.05, 0) is 50.2 Å². The lowest BCUT2D eigenvalue weighted by molar-refractivity contribution is -0.0839. The minimum Gasteiger partial charge on any atom is -0.385 e. The summed E-state index contributed by atoms with van der Waals surface area (Å²) >= 11 is 0. The van der Waals surface area contributed by atoms with Crippen LogP contribution in [0.3, 0.4) is 0 Å². The standard InChI is InChI=1S/C21H26FNO.ClH/c1-23(2)20(16-9-4-3-5-10-16)19-13-6-7-14-21(19,24)17-11-8-12-18(22)15-17;/h3-5,8-12,15,19-20,24H,6-7,13-14H2,1-2H3;1H. The van der Waals surface area contributed by atoms with Crippen molar-refractivity contribution in [2.45, 2.75) is 37.3 Å². The van der Waals surface area contributed by atoms with Crippen molar-refractivity contribution in [2.24, 2.45) is 5.92 Å². The molecule has 2 nitrogen and oxygen atoms in total. The Hall–Kier alpha value is -1.42. The summed E-state index contributed by atoms with van der Waals surface area (Å²) in [5, 5.41) is 11.6. The summed E-state index contributed by atoms with van der Waals surface area (Å²) in [6.07, 6.45) is 3.68.